The van der Waals surface area contributed by atoms with Crippen LogP contribution in [-0.4, -0.2) is 29.8 Å². The zero-order chi connectivity index (χ0) is 16.8. The van der Waals surface area contributed by atoms with Gasteiger partial charge in [-0.25, -0.2) is 4.98 Å². The number of hydrogen-bond acceptors (Lipinski definition) is 6. The Labute approximate surface area is 140 Å². The van der Waals surface area contributed by atoms with E-state index >= 15 is 0 Å². The molecule has 1 fully saturated rings. The Bertz CT molecular complexity index is 754. The summed E-state index contributed by atoms with van der Waals surface area (Å²) >= 11 is 1.48. The largest absolute Gasteiger partial charge is 0.491 e. The lowest BCUT2D eigenvalue weighted by atomic mass is 9.77. The minimum absolute atomic E-state index is 0.369. The molecule has 5 nitrogen and oxygen atoms in total. The molecule has 0 radical (unpaired) electrons. The third-order valence-corrected chi connectivity index (χ3v) is 5.44. The lowest BCUT2D eigenvalue weighted by molar-refractivity contribution is 0.00578. The molecule has 3 rings (SSSR count). The monoisotopic (exact) mass is 331 g/mol. The average molecular weight is 331 g/mol. The van der Waals surface area contributed by atoms with Crippen molar-refractivity contribution in [3.8, 4) is 0 Å². The first-order valence-electron chi connectivity index (χ1n) is 7.64. The second kappa shape index (κ2) is 5.59. The zero-order valence-corrected chi connectivity index (χ0v) is 14.7. The van der Waals surface area contributed by atoms with Crippen molar-refractivity contribution >= 4 is 39.9 Å². The molecule has 1 aliphatic heterocycles. The van der Waals surface area contributed by atoms with Crippen molar-refractivity contribution in [2.75, 3.05) is 12.3 Å². The molecule has 1 aliphatic rings. The molecule has 1 saturated heterocycles. The number of hydrogen-bond donors (Lipinski definition) is 2. The van der Waals surface area contributed by atoms with Gasteiger partial charge in [0.25, 0.3) is 0 Å². The van der Waals surface area contributed by atoms with Crippen LogP contribution in [0.1, 0.15) is 33.3 Å². The first kappa shape index (κ1) is 16.5. The summed E-state index contributed by atoms with van der Waals surface area (Å²) in [5.41, 5.74) is 13.8. The number of thiazole rings is 1. The van der Waals surface area contributed by atoms with Gasteiger partial charge in [0.05, 0.1) is 21.4 Å². The van der Waals surface area contributed by atoms with E-state index in [0.717, 1.165) is 21.3 Å². The third-order valence-electron chi connectivity index (χ3n) is 4.57. The molecule has 1 aromatic carbocycles. The molecule has 0 bridgehead atoms. The molecule has 122 valence electrons. The zero-order valence-electron chi connectivity index (χ0n) is 13.9. The van der Waals surface area contributed by atoms with Crippen molar-refractivity contribution in [3.05, 3.63) is 29.2 Å². The first-order chi connectivity index (χ1) is 10.7. The number of benzene rings is 1. The topological polar surface area (TPSA) is 83.4 Å². The first-order valence-corrected chi connectivity index (χ1v) is 8.46. The summed E-state index contributed by atoms with van der Waals surface area (Å²) in [5, 5.41) is 0.575. The molecule has 0 atom stereocenters. The van der Waals surface area contributed by atoms with Gasteiger partial charge in [0.2, 0.25) is 0 Å². The van der Waals surface area contributed by atoms with Gasteiger partial charge in [-0.1, -0.05) is 23.5 Å². The van der Waals surface area contributed by atoms with E-state index < -0.39 is 7.12 Å². The Morgan fingerprint density at radius 2 is 1.91 bits per heavy atom. The molecule has 1 aromatic heterocycles. The van der Waals surface area contributed by atoms with Crippen molar-refractivity contribution in [3.63, 3.8) is 0 Å². The minimum Gasteiger partial charge on any atom is -0.400 e. The number of fused-ring (bicyclic) bond motifs is 1. The quantitative estimate of drug-likeness (QED) is 0.845. The molecule has 0 spiro atoms. The van der Waals surface area contributed by atoms with Crippen LogP contribution < -0.4 is 11.5 Å². The highest BCUT2D eigenvalue weighted by molar-refractivity contribution is 7.22. The van der Waals surface area contributed by atoms with Gasteiger partial charge in [-0.3, -0.25) is 0 Å². The highest BCUT2D eigenvalue weighted by atomic mass is 32.1. The fourth-order valence-electron chi connectivity index (χ4n) is 2.48. The summed E-state index contributed by atoms with van der Waals surface area (Å²) in [5.74, 6) is 0. The van der Waals surface area contributed by atoms with Crippen LogP contribution in [-0.2, 0) is 9.31 Å². The molecular formula is C16H22BN3O2S. The van der Waals surface area contributed by atoms with Crippen LogP contribution in [0.25, 0.3) is 16.3 Å². The van der Waals surface area contributed by atoms with Crippen LogP contribution in [0, 0.1) is 0 Å². The fraction of sp³-hybridized carbons (Fsp3) is 0.438. The van der Waals surface area contributed by atoms with Crippen molar-refractivity contribution in [1.29, 1.82) is 0 Å². The van der Waals surface area contributed by atoms with E-state index in [0.29, 0.717) is 11.7 Å². The summed E-state index contributed by atoms with van der Waals surface area (Å²) in [4.78, 5) is 4.32. The summed E-state index contributed by atoms with van der Waals surface area (Å²) in [6.45, 7) is 8.50. The van der Waals surface area contributed by atoms with E-state index in [1.165, 1.54) is 11.3 Å². The standard InChI is InChI=1S/C16H22BN3O2S/c1-15(2)16(3,4)22-17(21-15)11(9-18)7-10-5-6-13-12(8-10)20-14(19)23-13/h5-8H,9,18H2,1-4H3,(H2,19,20). The van der Waals surface area contributed by atoms with Gasteiger partial charge in [-0.05, 0) is 50.9 Å². The number of nitrogens with two attached hydrogens (primary N) is 2. The van der Waals surface area contributed by atoms with Gasteiger partial charge in [0, 0.05) is 6.54 Å². The molecular weight excluding hydrogens is 309 g/mol. The van der Waals surface area contributed by atoms with Gasteiger partial charge in [-0.15, -0.1) is 0 Å². The highest BCUT2D eigenvalue weighted by Gasteiger charge is 2.52. The Morgan fingerprint density at radius 3 is 2.52 bits per heavy atom. The van der Waals surface area contributed by atoms with Crippen LogP contribution in [0.5, 0.6) is 0 Å². The van der Waals surface area contributed by atoms with Gasteiger partial charge in [0.15, 0.2) is 5.13 Å². The normalized spacial score (nSPS) is 20.4. The van der Waals surface area contributed by atoms with Crippen LogP contribution >= 0.6 is 11.3 Å². The van der Waals surface area contributed by atoms with E-state index in [1.54, 1.807) is 0 Å². The van der Waals surface area contributed by atoms with Crippen molar-refractivity contribution in [2.24, 2.45) is 5.73 Å². The number of rotatable bonds is 3. The maximum Gasteiger partial charge on any atom is 0.491 e. The van der Waals surface area contributed by atoms with Crippen LogP contribution in [0.3, 0.4) is 0 Å². The Morgan fingerprint density at radius 1 is 1.26 bits per heavy atom. The maximum atomic E-state index is 6.08. The minimum atomic E-state index is -0.429. The third kappa shape index (κ3) is 3.02. The highest BCUT2D eigenvalue weighted by Crippen LogP contribution is 2.38. The van der Waals surface area contributed by atoms with Crippen molar-refractivity contribution in [2.45, 2.75) is 38.9 Å². The van der Waals surface area contributed by atoms with Crippen molar-refractivity contribution < 1.29 is 9.31 Å². The van der Waals surface area contributed by atoms with Crippen LogP contribution in [0.2, 0.25) is 0 Å². The molecule has 2 aromatic rings. The molecule has 7 heteroatoms. The SMILES string of the molecule is CC1(C)OB(C(=Cc2ccc3sc(N)nc3c2)CN)OC1(C)C. The average Bonchev–Trinajstić information content (AvgIpc) is 2.91. The van der Waals surface area contributed by atoms with E-state index in [1.807, 2.05) is 52.0 Å². The lowest BCUT2D eigenvalue weighted by Gasteiger charge is -2.32. The molecule has 23 heavy (non-hydrogen) atoms. The summed E-state index contributed by atoms with van der Waals surface area (Å²) in [6, 6.07) is 6.05. The molecule has 4 N–H and O–H groups in total. The maximum absolute atomic E-state index is 6.08. The predicted molar refractivity (Wildman–Crippen MR) is 97.1 cm³/mol. The Kier molecular flexibility index (Phi) is 4.00. The van der Waals surface area contributed by atoms with Crippen LogP contribution in [0.4, 0.5) is 5.13 Å². The van der Waals surface area contributed by atoms with E-state index in [9.17, 15) is 0 Å². The van der Waals surface area contributed by atoms with E-state index in [4.69, 9.17) is 20.8 Å². The molecule has 0 amide bonds. The van der Waals surface area contributed by atoms with Crippen LogP contribution in [0.15, 0.2) is 23.7 Å². The van der Waals surface area contributed by atoms with Crippen molar-refractivity contribution in [1.82, 2.24) is 4.98 Å². The second-order valence-corrected chi connectivity index (χ2v) is 7.85. The van der Waals surface area contributed by atoms with E-state index in [2.05, 4.69) is 4.98 Å². The smallest absolute Gasteiger partial charge is 0.400 e. The molecule has 0 aliphatic carbocycles. The number of nitrogen functional groups attached to an aromatic ring is 1. The Balaban J connectivity index is 1.92. The summed E-state index contributed by atoms with van der Waals surface area (Å²) in [7, 11) is -0.429. The second-order valence-electron chi connectivity index (χ2n) is 6.79. The lowest BCUT2D eigenvalue weighted by Crippen LogP contribution is -2.41. The van der Waals surface area contributed by atoms with E-state index in [-0.39, 0.29) is 11.2 Å². The Hall–Kier alpha value is -1.41. The summed E-state index contributed by atoms with van der Waals surface area (Å²) in [6.07, 6.45) is 2.01. The van der Waals surface area contributed by atoms with Gasteiger partial charge >= 0.3 is 7.12 Å². The summed E-state index contributed by atoms with van der Waals surface area (Å²) < 4.78 is 13.2. The molecule has 0 saturated carbocycles. The number of anilines is 1. The van der Waals surface area contributed by atoms with Gasteiger partial charge in [0.1, 0.15) is 0 Å². The molecule has 0 unspecified atom stereocenters. The van der Waals surface area contributed by atoms with Gasteiger partial charge in [-0.2, -0.15) is 0 Å². The number of nitrogens with zero attached hydrogens (tertiary/aromatic N) is 1. The van der Waals surface area contributed by atoms with Gasteiger partial charge < -0.3 is 20.8 Å². The fourth-order valence-corrected chi connectivity index (χ4v) is 3.20. The predicted octanol–water partition coefficient (Wildman–Crippen LogP) is 2.85. The number of aromatic nitrogens is 1. The molecule has 2 heterocycles.